The van der Waals surface area contributed by atoms with E-state index in [1.807, 2.05) is 0 Å². The van der Waals surface area contributed by atoms with Gasteiger partial charge in [-0.25, -0.2) is 5.90 Å². The highest BCUT2D eigenvalue weighted by Crippen LogP contribution is 2.32. The van der Waals surface area contributed by atoms with Gasteiger partial charge in [0.25, 0.3) is 0 Å². The SMILES string of the molecule is CC(CON)C1CCC1. The summed E-state index contributed by atoms with van der Waals surface area (Å²) in [4.78, 5) is 4.56. The monoisotopic (exact) mass is 129 g/mol. The third-order valence-electron chi connectivity index (χ3n) is 2.31. The van der Waals surface area contributed by atoms with Gasteiger partial charge in [-0.05, 0) is 11.8 Å². The summed E-state index contributed by atoms with van der Waals surface area (Å²) in [6, 6.07) is 0. The van der Waals surface area contributed by atoms with Gasteiger partial charge in [0.1, 0.15) is 0 Å². The molecular weight excluding hydrogens is 114 g/mol. The molecule has 2 heteroatoms. The van der Waals surface area contributed by atoms with Gasteiger partial charge in [-0.2, -0.15) is 0 Å². The van der Waals surface area contributed by atoms with Crippen LogP contribution in [0.4, 0.5) is 0 Å². The zero-order valence-electron chi connectivity index (χ0n) is 5.97. The molecule has 9 heavy (non-hydrogen) atoms. The second kappa shape index (κ2) is 3.18. The van der Waals surface area contributed by atoms with Gasteiger partial charge < -0.3 is 4.84 Å². The minimum atomic E-state index is 0.670. The Balaban J connectivity index is 2.08. The van der Waals surface area contributed by atoms with Crippen molar-refractivity contribution in [1.82, 2.24) is 0 Å². The van der Waals surface area contributed by atoms with Crippen molar-refractivity contribution in [2.24, 2.45) is 17.7 Å². The summed E-state index contributed by atoms with van der Waals surface area (Å²) in [5, 5.41) is 0. The maximum Gasteiger partial charge on any atom is 0.0707 e. The van der Waals surface area contributed by atoms with E-state index in [0.29, 0.717) is 5.92 Å². The topological polar surface area (TPSA) is 35.2 Å². The Kier molecular flexibility index (Phi) is 2.49. The molecule has 0 aliphatic heterocycles. The van der Waals surface area contributed by atoms with Crippen LogP contribution in [0.1, 0.15) is 26.2 Å². The van der Waals surface area contributed by atoms with Crippen LogP contribution in [-0.2, 0) is 4.84 Å². The first-order valence-electron chi connectivity index (χ1n) is 3.66. The van der Waals surface area contributed by atoms with E-state index in [-0.39, 0.29) is 0 Å². The van der Waals surface area contributed by atoms with Crippen molar-refractivity contribution in [3.63, 3.8) is 0 Å². The lowest BCUT2D eigenvalue weighted by Gasteiger charge is -2.30. The fourth-order valence-electron chi connectivity index (χ4n) is 1.30. The van der Waals surface area contributed by atoms with Crippen molar-refractivity contribution < 1.29 is 4.84 Å². The first-order chi connectivity index (χ1) is 4.34. The van der Waals surface area contributed by atoms with E-state index >= 15 is 0 Å². The fraction of sp³-hybridized carbons (Fsp3) is 1.00. The first kappa shape index (κ1) is 7.03. The molecule has 1 rings (SSSR count). The molecular formula is C7H15NO. The highest BCUT2D eigenvalue weighted by atomic mass is 16.6. The molecule has 1 fully saturated rings. The van der Waals surface area contributed by atoms with Crippen LogP contribution >= 0.6 is 0 Å². The smallest absolute Gasteiger partial charge is 0.0707 e. The van der Waals surface area contributed by atoms with E-state index in [1.165, 1.54) is 19.3 Å². The molecule has 0 radical (unpaired) electrons. The van der Waals surface area contributed by atoms with E-state index in [0.717, 1.165) is 12.5 Å². The van der Waals surface area contributed by atoms with Crippen molar-refractivity contribution in [2.75, 3.05) is 6.61 Å². The molecule has 0 spiro atoms. The molecule has 0 aromatic rings. The van der Waals surface area contributed by atoms with Gasteiger partial charge in [0.05, 0.1) is 6.61 Å². The van der Waals surface area contributed by atoms with Gasteiger partial charge in [-0.15, -0.1) is 0 Å². The molecule has 0 saturated heterocycles. The lowest BCUT2D eigenvalue weighted by atomic mass is 9.77. The summed E-state index contributed by atoms with van der Waals surface area (Å²) in [5.41, 5.74) is 0. The Hall–Kier alpha value is -0.0800. The molecule has 1 unspecified atom stereocenters. The van der Waals surface area contributed by atoms with Crippen molar-refractivity contribution in [2.45, 2.75) is 26.2 Å². The van der Waals surface area contributed by atoms with Crippen LogP contribution in [0.5, 0.6) is 0 Å². The number of hydrogen-bond acceptors (Lipinski definition) is 2. The van der Waals surface area contributed by atoms with Crippen molar-refractivity contribution in [3.8, 4) is 0 Å². The minimum Gasteiger partial charge on any atom is -0.304 e. The van der Waals surface area contributed by atoms with Crippen LogP contribution in [-0.4, -0.2) is 6.61 Å². The Bertz CT molecular complexity index is 81.0. The second-order valence-corrected chi connectivity index (χ2v) is 3.00. The molecule has 0 aromatic carbocycles. The van der Waals surface area contributed by atoms with Crippen LogP contribution in [0.2, 0.25) is 0 Å². The highest BCUT2D eigenvalue weighted by molar-refractivity contribution is 4.74. The summed E-state index contributed by atoms with van der Waals surface area (Å²) in [6.45, 7) is 2.93. The average molecular weight is 129 g/mol. The molecule has 54 valence electrons. The summed E-state index contributed by atoms with van der Waals surface area (Å²) in [6.07, 6.45) is 4.16. The zero-order chi connectivity index (χ0) is 6.69. The van der Waals surface area contributed by atoms with Crippen LogP contribution < -0.4 is 5.90 Å². The van der Waals surface area contributed by atoms with Gasteiger partial charge >= 0.3 is 0 Å². The Morgan fingerprint density at radius 1 is 1.67 bits per heavy atom. The maximum atomic E-state index is 4.95. The van der Waals surface area contributed by atoms with Crippen LogP contribution in [0.3, 0.4) is 0 Å². The molecule has 0 amide bonds. The standard InChI is InChI=1S/C7H15NO/c1-6(5-9-8)7-3-2-4-7/h6-7H,2-5,8H2,1H3. The summed E-state index contributed by atoms with van der Waals surface area (Å²) >= 11 is 0. The zero-order valence-corrected chi connectivity index (χ0v) is 5.97. The van der Waals surface area contributed by atoms with Crippen molar-refractivity contribution in [3.05, 3.63) is 0 Å². The molecule has 1 atom stereocenters. The predicted molar refractivity (Wildman–Crippen MR) is 36.6 cm³/mol. The van der Waals surface area contributed by atoms with Gasteiger partial charge in [0.15, 0.2) is 0 Å². The van der Waals surface area contributed by atoms with Gasteiger partial charge in [-0.1, -0.05) is 26.2 Å². The van der Waals surface area contributed by atoms with E-state index in [9.17, 15) is 0 Å². The molecule has 2 nitrogen and oxygen atoms in total. The Morgan fingerprint density at radius 3 is 2.67 bits per heavy atom. The van der Waals surface area contributed by atoms with Crippen molar-refractivity contribution >= 4 is 0 Å². The molecule has 1 aliphatic rings. The fourth-order valence-corrected chi connectivity index (χ4v) is 1.30. The van der Waals surface area contributed by atoms with Crippen molar-refractivity contribution in [1.29, 1.82) is 0 Å². The number of rotatable bonds is 3. The first-order valence-corrected chi connectivity index (χ1v) is 3.66. The van der Waals surface area contributed by atoms with E-state index < -0.39 is 0 Å². The molecule has 1 aliphatic carbocycles. The lowest BCUT2D eigenvalue weighted by molar-refractivity contribution is 0.0639. The summed E-state index contributed by atoms with van der Waals surface area (Å²) < 4.78 is 0. The van der Waals surface area contributed by atoms with Crippen LogP contribution in [0, 0.1) is 11.8 Å². The second-order valence-electron chi connectivity index (χ2n) is 3.00. The molecule has 0 aromatic heterocycles. The third kappa shape index (κ3) is 1.66. The van der Waals surface area contributed by atoms with E-state index in [1.54, 1.807) is 0 Å². The molecule has 0 heterocycles. The number of hydrogen-bond donors (Lipinski definition) is 1. The van der Waals surface area contributed by atoms with Gasteiger partial charge in [0, 0.05) is 0 Å². The normalized spacial score (nSPS) is 23.3. The van der Waals surface area contributed by atoms with Crippen LogP contribution in [0.25, 0.3) is 0 Å². The quantitative estimate of drug-likeness (QED) is 0.583. The molecule has 0 bridgehead atoms. The van der Waals surface area contributed by atoms with Crippen LogP contribution in [0.15, 0.2) is 0 Å². The average Bonchev–Trinajstić information content (AvgIpc) is 1.60. The lowest BCUT2D eigenvalue weighted by Crippen LogP contribution is -2.24. The molecule has 2 N–H and O–H groups in total. The minimum absolute atomic E-state index is 0.670. The largest absolute Gasteiger partial charge is 0.304 e. The molecule has 1 saturated carbocycles. The summed E-state index contributed by atoms with van der Waals surface area (Å²) in [5.74, 6) is 6.51. The Labute approximate surface area is 56.3 Å². The predicted octanol–water partition coefficient (Wildman–Crippen LogP) is 1.31. The maximum absolute atomic E-state index is 4.95. The van der Waals surface area contributed by atoms with Gasteiger partial charge in [0.2, 0.25) is 0 Å². The Morgan fingerprint density at radius 2 is 2.33 bits per heavy atom. The van der Waals surface area contributed by atoms with E-state index in [2.05, 4.69) is 11.8 Å². The summed E-state index contributed by atoms with van der Waals surface area (Å²) in [7, 11) is 0. The highest BCUT2D eigenvalue weighted by Gasteiger charge is 2.23. The third-order valence-corrected chi connectivity index (χ3v) is 2.31. The van der Waals surface area contributed by atoms with E-state index in [4.69, 9.17) is 5.90 Å². The number of nitrogens with two attached hydrogens (primary N) is 1. The van der Waals surface area contributed by atoms with Gasteiger partial charge in [-0.3, -0.25) is 0 Å².